The number of nitrogens with zero attached hydrogens (tertiary/aromatic N) is 2. The predicted molar refractivity (Wildman–Crippen MR) is 106 cm³/mol. The first-order chi connectivity index (χ1) is 13.1. The minimum absolute atomic E-state index is 0.0101. The van der Waals surface area contributed by atoms with Gasteiger partial charge < -0.3 is 10.0 Å². The summed E-state index contributed by atoms with van der Waals surface area (Å²) in [7, 11) is 0. The second-order valence-electron chi connectivity index (χ2n) is 7.24. The largest absolute Gasteiger partial charge is 0.395 e. The van der Waals surface area contributed by atoms with E-state index in [9.17, 15) is 9.90 Å². The molecule has 1 saturated carbocycles. The van der Waals surface area contributed by atoms with Crippen LogP contribution in [0.3, 0.4) is 0 Å². The van der Waals surface area contributed by atoms with E-state index >= 15 is 0 Å². The number of hydrogen-bond donors (Lipinski definition) is 1. The lowest BCUT2D eigenvalue weighted by Crippen LogP contribution is -2.43. The van der Waals surface area contributed by atoms with Gasteiger partial charge in [-0.25, -0.2) is 0 Å². The summed E-state index contributed by atoms with van der Waals surface area (Å²) in [6, 6.07) is 15.6. The number of carbonyl (C=O) groups excluding carboxylic acids is 1. The number of aryl methyl sites for hydroxylation is 1. The van der Waals surface area contributed by atoms with Crippen LogP contribution in [-0.4, -0.2) is 35.1 Å². The number of aliphatic hydroxyl groups is 1. The van der Waals surface area contributed by atoms with E-state index in [1.165, 1.54) is 6.42 Å². The average molecular weight is 362 g/mol. The van der Waals surface area contributed by atoms with E-state index in [1.54, 1.807) is 6.07 Å². The van der Waals surface area contributed by atoms with Gasteiger partial charge in [0, 0.05) is 18.2 Å². The Morgan fingerprint density at radius 2 is 1.96 bits per heavy atom. The summed E-state index contributed by atoms with van der Waals surface area (Å²) >= 11 is 0. The zero-order valence-electron chi connectivity index (χ0n) is 15.8. The normalized spacial score (nSPS) is 14.6. The van der Waals surface area contributed by atoms with E-state index < -0.39 is 0 Å². The number of hydrogen-bond acceptors (Lipinski definition) is 3. The fourth-order valence-corrected chi connectivity index (χ4v) is 3.99. The molecule has 1 fully saturated rings. The van der Waals surface area contributed by atoms with E-state index in [0.717, 1.165) is 42.4 Å². The fraction of sp³-hybridized carbons (Fsp3) is 0.391. The molecule has 0 unspecified atom stereocenters. The van der Waals surface area contributed by atoms with E-state index in [0.29, 0.717) is 17.7 Å². The molecular weight excluding hydrogens is 336 g/mol. The molecule has 0 aliphatic heterocycles. The van der Waals surface area contributed by atoms with Crippen LogP contribution in [0, 0.1) is 18.3 Å². The van der Waals surface area contributed by atoms with Crippen molar-refractivity contribution >= 4 is 5.91 Å². The van der Waals surface area contributed by atoms with Gasteiger partial charge in [0.25, 0.3) is 5.91 Å². The molecule has 2 aromatic carbocycles. The van der Waals surface area contributed by atoms with Gasteiger partial charge in [-0.2, -0.15) is 5.26 Å². The molecule has 1 aliphatic carbocycles. The highest BCUT2D eigenvalue weighted by Crippen LogP contribution is 2.27. The van der Waals surface area contributed by atoms with E-state index in [1.807, 2.05) is 48.2 Å². The van der Waals surface area contributed by atoms with Crippen LogP contribution in [0.15, 0.2) is 42.5 Å². The quantitative estimate of drug-likeness (QED) is 0.862. The molecule has 0 saturated heterocycles. The van der Waals surface area contributed by atoms with Crippen molar-refractivity contribution in [1.82, 2.24) is 4.90 Å². The van der Waals surface area contributed by atoms with Gasteiger partial charge in [0.1, 0.15) is 0 Å². The molecule has 0 bridgehead atoms. The Morgan fingerprint density at radius 3 is 2.63 bits per heavy atom. The lowest BCUT2D eigenvalue weighted by Gasteiger charge is -2.34. The molecule has 0 radical (unpaired) electrons. The molecule has 0 atom stereocenters. The molecule has 27 heavy (non-hydrogen) atoms. The van der Waals surface area contributed by atoms with E-state index in [4.69, 9.17) is 5.26 Å². The van der Waals surface area contributed by atoms with Crippen molar-refractivity contribution < 1.29 is 9.90 Å². The number of benzene rings is 2. The summed E-state index contributed by atoms with van der Waals surface area (Å²) in [6.07, 6.45) is 5.54. The Morgan fingerprint density at radius 1 is 1.19 bits per heavy atom. The molecule has 1 aliphatic rings. The second-order valence-corrected chi connectivity index (χ2v) is 7.24. The molecule has 0 spiro atoms. The Bertz CT molecular complexity index is 848. The van der Waals surface area contributed by atoms with Crippen molar-refractivity contribution in [1.29, 1.82) is 5.26 Å². The van der Waals surface area contributed by atoms with Gasteiger partial charge in [-0.1, -0.05) is 37.5 Å². The lowest BCUT2D eigenvalue weighted by atomic mass is 9.93. The first-order valence-corrected chi connectivity index (χ1v) is 9.67. The van der Waals surface area contributed by atoms with Crippen molar-refractivity contribution in [3.63, 3.8) is 0 Å². The topological polar surface area (TPSA) is 64.3 Å². The molecule has 0 aromatic heterocycles. The zero-order chi connectivity index (χ0) is 19.2. The number of nitriles is 1. The molecule has 1 amide bonds. The number of aliphatic hydroxyl groups excluding tert-OH is 1. The second kappa shape index (κ2) is 8.83. The number of carbonyl (C=O) groups is 1. The maximum Gasteiger partial charge on any atom is 0.254 e. The smallest absolute Gasteiger partial charge is 0.254 e. The predicted octanol–water partition coefficient (Wildman–Crippen LogP) is 4.30. The molecule has 2 aromatic rings. The van der Waals surface area contributed by atoms with Crippen molar-refractivity contribution in [2.75, 3.05) is 13.2 Å². The van der Waals surface area contributed by atoms with Crippen LogP contribution in [0.25, 0.3) is 11.1 Å². The highest BCUT2D eigenvalue weighted by molar-refractivity contribution is 5.95. The average Bonchev–Trinajstić information content (AvgIpc) is 2.72. The van der Waals surface area contributed by atoms with Crippen LogP contribution < -0.4 is 0 Å². The van der Waals surface area contributed by atoms with Crippen molar-refractivity contribution in [3.8, 4) is 17.2 Å². The third kappa shape index (κ3) is 4.37. The summed E-state index contributed by atoms with van der Waals surface area (Å²) in [5.74, 6) is -0.0101. The fourth-order valence-electron chi connectivity index (χ4n) is 3.99. The van der Waals surface area contributed by atoms with E-state index in [-0.39, 0.29) is 18.6 Å². The van der Waals surface area contributed by atoms with Gasteiger partial charge in [0.2, 0.25) is 0 Å². The molecule has 3 rings (SSSR count). The molecular formula is C23H26N2O2. The molecule has 4 nitrogen and oxygen atoms in total. The maximum atomic E-state index is 13.2. The van der Waals surface area contributed by atoms with Crippen LogP contribution >= 0.6 is 0 Å². The SMILES string of the molecule is Cc1cc(C#N)ccc1-c1cccc(C(=O)N(CCO)C2CCCCC2)c1. The third-order valence-electron chi connectivity index (χ3n) is 5.39. The Kier molecular flexibility index (Phi) is 6.26. The van der Waals surface area contributed by atoms with Crippen LogP contribution in [0.2, 0.25) is 0 Å². The van der Waals surface area contributed by atoms with Crippen LogP contribution in [0.1, 0.15) is 53.6 Å². The van der Waals surface area contributed by atoms with Crippen molar-refractivity contribution in [3.05, 3.63) is 59.2 Å². The summed E-state index contributed by atoms with van der Waals surface area (Å²) < 4.78 is 0. The van der Waals surface area contributed by atoms with Crippen molar-refractivity contribution in [2.45, 2.75) is 45.1 Å². The van der Waals surface area contributed by atoms with Crippen LogP contribution in [0.5, 0.6) is 0 Å². The molecule has 140 valence electrons. The van der Waals surface area contributed by atoms with Gasteiger partial charge >= 0.3 is 0 Å². The van der Waals surface area contributed by atoms with Gasteiger partial charge in [0.15, 0.2) is 0 Å². The maximum absolute atomic E-state index is 13.2. The summed E-state index contributed by atoms with van der Waals surface area (Å²) in [5, 5.41) is 18.5. The first-order valence-electron chi connectivity index (χ1n) is 9.67. The van der Waals surface area contributed by atoms with Gasteiger partial charge in [-0.15, -0.1) is 0 Å². The summed E-state index contributed by atoms with van der Waals surface area (Å²) in [4.78, 5) is 15.0. The molecule has 0 heterocycles. The molecule has 1 N–H and O–H groups in total. The molecule has 4 heteroatoms. The number of rotatable bonds is 5. The minimum Gasteiger partial charge on any atom is -0.395 e. The highest BCUT2D eigenvalue weighted by Gasteiger charge is 2.26. The van der Waals surface area contributed by atoms with Crippen LogP contribution in [0.4, 0.5) is 0 Å². The highest BCUT2D eigenvalue weighted by atomic mass is 16.3. The monoisotopic (exact) mass is 362 g/mol. The van der Waals surface area contributed by atoms with Crippen molar-refractivity contribution in [2.24, 2.45) is 0 Å². The summed E-state index contributed by atoms with van der Waals surface area (Å²) in [6.45, 7) is 2.34. The zero-order valence-corrected chi connectivity index (χ0v) is 15.8. The standard InChI is InChI=1S/C23H26N2O2/c1-17-14-18(16-24)10-11-22(17)19-6-5-7-20(15-19)23(27)25(12-13-26)21-8-3-2-4-9-21/h5-7,10-11,14-15,21,26H,2-4,8-9,12-13H2,1H3. The first kappa shape index (κ1) is 19.1. The van der Waals surface area contributed by atoms with Gasteiger partial charge in [-0.3, -0.25) is 4.79 Å². The lowest BCUT2D eigenvalue weighted by molar-refractivity contribution is 0.0585. The van der Waals surface area contributed by atoms with E-state index in [2.05, 4.69) is 6.07 Å². The van der Waals surface area contributed by atoms with Gasteiger partial charge in [0.05, 0.1) is 18.2 Å². The van der Waals surface area contributed by atoms with Gasteiger partial charge in [-0.05, 0) is 60.7 Å². The Balaban J connectivity index is 1.89. The van der Waals surface area contributed by atoms with Crippen LogP contribution in [-0.2, 0) is 0 Å². The Hall–Kier alpha value is -2.64. The summed E-state index contributed by atoms with van der Waals surface area (Å²) in [5.41, 5.74) is 4.29. The third-order valence-corrected chi connectivity index (χ3v) is 5.39. The minimum atomic E-state index is -0.0172. The number of amides is 1. The Labute approximate surface area is 161 Å².